The predicted molar refractivity (Wildman–Crippen MR) is 136 cm³/mol. The first-order valence-electron chi connectivity index (χ1n) is 11.2. The Labute approximate surface area is 198 Å². The normalized spacial score (nSPS) is 14.7. The lowest BCUT2D eigenvalue weighted by atomic mass is 10.1. The van der Waals surface area contributed by atoms with E-state index >= 15 is 0 Å². The molecule has 0 radical (unpaired) electrons. The van der Waals surface area contributed by atoms with E-state index < -0.39 is 0 Å². The van der Waals surface area contributed by atoms with Crippen LogP contribution in [-0.4, -0.2) is 13.4 Å². The van der Waals surface area contributed by atoms with Gasteiger partial charge in [-0.2, -0.15) is 0 Å². The molecule has 33 heavy (non-hydrogen) atoms. The standard InChI is InChI=1S/C28H25N3OS/c1-3-7-23(8-4-1)30-17-21-15-25(11-13-27(21)29-19-30)33-26-12-14-28-22(16-26)18-31(20-32-28)24-9-5-2-6-10-24/h1-16,29H,17-20H2. The maximum atomic E-state index is 6.03. The number of fused-ring (bicyclic) bond motifs is 2. The lowest BCUT2D eigenvalue weighted by Crippen LogP contribution is -2.33. The first-order chi connectivity index (χ1) is 16.3. The van der Waals surface area contributed by atoms with Gasteiger partial charge in [0.1, 0.15) is 5.75 Å². The van der Waals surface area contributed by atoms with Crippen molar-refractivity contribution < 1.29 is 4.74 Å². The fourth-order valence-corrected chi connectivity index (χ4v) is 5.37. The highest BCUT2D eigenvalue weighted by molar-refractivity contribution is 7.99. The zero-order chi connectivity index (χ0) is 22.0. The molecule has 4 aromatic carbocycles. The smallest absolute Gasteiger partial charge is 0.161 e. The van der Waals surface area contributed by atoms with Gasteiger partial charge < -0.3 is 19.9 Å². The summed E-state index contributed by atoms with van der Waals surface area (Å²) in [5.41, 5.74) is 6.21. The lowest BCUT2D eigenvalue weighted by Gasteiger charge is -2.32. The van der Waals surface area contributed by atoms with Crippen molar-refractivity contribution in [2.24, 2.45) is 0 Å². The van der Waals surface area contributed by atoms with Crippen LogP contribution in [0.4, 0.5) is 17.1 Å². The molecular weight excluding hydrogens is 426 g/mol. The highest BCUT2D eigenvalue weighted by Crippen LogP contribution is 2.37. The Bertz CT molecular complexity index is 1160. The van der Waals surface area contributed by atoms with Gasteiger partial charge in [-0.05, 0) is 66.2 Å². The van der Waals surface area contributed by atoms with Gasteiger partial charge in [0.25, 0.3) is 0 Å². The highest BCUT2D eigenvalue weighted by atomic mass is 32.2. The number of rotatable bonds is 4. The summed E-state index contributed by atoms with van der Waals surface area (Å²) >= 11 is 1.81. The second-order valence-electron chi connectivity index (χ2n) is 8.37. The number of para-hydroxylation sites is 2. The van der Waals surface area contributed by atoms with Crippen LogP contribution in [0, 0.1) is 0 Å². The Morgan fingerprint density at radius 1 is 0.667 bits per heavy atom. The Morgan fingerprint density at radius 2 is 1.30 bits per heavy atom. The molecule has 1 N–H and O–H groups in total. The van der Waals surface area contributed by atoms with Gasteiger partial charge >= 0.3 is 0 Å². The van der Waals surface area contributed by atoms with Crippen LogP contribution in [0.15, 0.2) is 107 Å². The minimum Gasteiger partial charge on any atom is -0.473 e. The molecule has 4 aromatic rings. The predicted octanol–water partition coefficient (Wildman–Crippen LogP) is 6.58. The summed E-state index contributed by atoms with van der Waals surface area (Å²) in [5.74, 6) is 0.986. The largest absolute Gasteiger partial charge is 0.473 e. The summed E-state index contributed by atoms with van der Waals surface area (Å²) < 4.78 is 6.03. The number of anilines is 3. The zero-order valence-electron chi connectivity index (χ0n) is 18.3. The van der Waals surface area contributed by atoms with Crippen LogP contribution < -0.4 is 19.9 Å². The monoisotopic (exact) mass is 451 g/mol. The van der Waals surface area contributed by atoms with E-state index in [-0.39, 0.29) is 0 Å². The number of hydrogen-bond acceptors (Lipinski definition) is 5. The minimum absolute atomic E-state index is 0.583. The summed E-state index contributed by atoms with van der Waals surface area (Å²) in [6.45, 7) is 3.17. The molecule has 0 amide bonds. The molecule has 0 bridgehead atoms. The number of benzene rings is 4. The Balaban J connectivity index is 1.20. The van der Waals surface area contributed by atoms with Crippen LogP contribution in [0.1, 0.15) is 11.1 Å². The van der Waals surface area contributed by atoms with Crippen molar-refractivity contribution in [3.8, 4) is 5.75 Å². The Kier molecular flexibility index (Phi) is 5.32. The molecule has 6 rings (SSSR count). The van der Waals surface area contributed by atoms with Crippen molar-refractivity contribution >= 4 is 28.8 Å². The van der Waals surface area contributed by atoms with Gasteiger partial charge in [-0.1, -0.05) is 48.2 Å². The quantitative estimate of drug-likeness (QED) is 0.378. The van der Waals surface area contributed by atoms with Gasteiger partial charge in [0.15, 0.2) is 6.73 Å². The second-order valence-corrected chi connectivity index (χ2v) is 9.51. The zero-order valence-corrected chi connectivity index (χ0v) is 19.1. The van der Waals surface area contributed by atoms with E-state index in [4.69, 9.17) is 4.74 Å². The van der Waals surface area contributed by atoms with Gasteiger partial charge in [-0.25, -0.2) is 0 Å². The summed E-state index contributed by atoms with van der Waals surface area (Å²) in [7, 11) is 0. The van der Waals surface area contributed by atoms with Gasteiger partial charge in [-0.15, -0.1) is 0 Å². The van der Waals surface area contributed by atoms with E-state index in [1.807, 2.05) is 6.07 Å². The summed E-state index contributed by atoms with van der Waals surface area (Å²) in [4.78, 5) is 7.11. The van der Waals surface area contributed by atoms with Crippen LogP contribution in [0.3, 0.4) is 0 Å². The molecule has 0 saturated carbocycles. The fourth-order valence-electron chi connectivity index (χ4n) is 4.42. The molecule has 0 aliphatic carbocycles. The van der Waals surface area contributed by atoms with E-state index in [0.717, 1.165) is 25.5 Å². The molecular formula is C28H25N3OS. The molecule has 5 heteroatoms. The van der Waals surface area contributed by atoms with Crippen molar-refractivity contribution in [1.29, 1.82) is 0 Å². The summed E-state index contributed by atoms with van der Waals surface area (Å²) in [6.07, 6.45) is 0. The van der Waals surface area contributed by atoms with Crippen LogP contribution >= 0.6 is 11.8 Å². The number of nitrogens with one attached hydrogen (secondary N) is 1. The van der Waals surface area contributed by atoms with Gasteiger partial charge in [0.2, 0.25) is 0 Å². The Morgan fingerprint density at radius 3 is 2.06 bits per heavy atom. The van der Waals surface area contributed by atoms with Crippen LogP contribution in [-0.2, 0) is 13.1 Å². The summed E-state index contributed by atoms with van der Waals surface area (Å²) in [5, 5.41) is 3.56. The molecule has 0 unspecified atom stereocenters. The lowest BCUT2D eigenvalue weighted by molar-refractivity contribution is 0.289. The third-order valence-corrected chi connectivity index (χ3v) is 7.12. The van der Waals surface area contributed by atoms with E-state index in [1.165, 1.54) is 38.0 Å². The molecule has 0 spiro atoms. The van der Waals surface area contributed by atoms with Crippen molar-refractivity contribution in [3.05, 3.63) is 108 Å². The molecule has 2 heterocycles. The average Bonchev–Trinajstić information content (AvgIpc) is 2.89. The molecule has 0 atom stereocenters. The molecule has 2 aliphatic rings. The molecule has 0 fully saturated rings. The molecule has 0 aromatic heterocycles. The van der Waals surface area contributed by atoms with Gasteiger partial charge in [0, 0.05) is 45.5 Å². The van der Waals surface area contributed by atoms with Crippen LogP contribution in [0.5, 0.6) is 5.75 Å². The van der Waals surface area contributed by atoms with Crippen molar-refractivity contribution in [2.75, 3.05) is 28.5 Å². The molecule has 164 valence electrons. The molecule has 2 aliphatic heterocycles. The maximum absolute atomic E-state index is 6.03. The van der Waals surface area contributed by atoms with Crippen molar-refractivity contribution in [3.63, 3.8) is 0 Å². The minimum atomic E-state index is 0.583. The second kappa shape index (κ2) is 8.75. The summed E-state index contributed by atoms with van der Waals surface area (Å²) in [6, 6.07) is 34.3. The molecule has 0 saturated heterocycles. The number of nitrogens with zero attached hydrogens (tertiary/aromatic N) is 2. The average molecular weight is 452 g/mol. The van der Waals surface area contributed by atoms with E-state index in [2.05, 4.69) is 106 Å². The number of hydrogen-bond donors (Lipinski definition) is 1. The highest BCUT2D eigenvalue weighted by Gasteiger charge is 2.19. The van der Waals surface area contributed by atoms with Crippen molar-refractivity contribution in [1.82, 2.24) is 0 Å². The van der Waals surface area contributed by atoms with Crippen LogP contribution in [0.2, 0.25) is 0 Å². The third kappa shape index (κ3) is 4.24. The first-order valence-corrected chi connectivity index (χ1v) is 12.0. The van der Waals surface area contributed by atoms with E-state index in [0.29, 0.717) is 6.73 Å². The molecule has 4 nitrogen and oxygen atoms in total. The topological polar surface area (TPSA) is 27.7 Å². The van der Waals surface area contributed by atoms with E-state index in [1.54, 1.807) is 11.8 Å². The van der Waals surface area contributed by atoms with Gasteiger partial charge in [-0.3, -0.25) is 0 Å². The van der Waals surface area contributed by atoms with E-state index in [9.17, 15) is 0 Å². The first kappa shape index (κ1) is 20.1. The number of ether oxygens (including phenoxy) is 1. The SMILES string of the molecule is c1ccc(N2CNc3ccc(Sc4ccc5c(c4)CN(c4ccccc4)CO5)cc3C2)cc1. The van der Waals surface area contributed by atoms with Crippen molar-refractivity contribution in [2.45, 2.75) is 22.9 Å². The fraction of sp³-hybridized carbons (Fsp3) is 0.143. The Hall–Kier alpha value is -3.57. The maximum Gasteiger partial charge on any atom is 0.161 e. The van der Waals surface area contributed by atoms with Gasteiger partial charge in [0.05, 0.1) is 6.67 Å². The van der Waals surface area contributed by atoms with Crippen LogP contribution in [0.25, 0.3) is 0 Å². The third-order valence-electron chi connectivity index (χ3n) is 6.15.